The van der Waals surface area contributed by atoms with Crippen molar-refractivity contribution >= 4 is 0 Å². The minimum atomic E-state index is 0.574. The quantitative estimate of drug-likeness (QED) is 0.870. The zero-order chi connectivity index (χ0) is 12.3. The first-order valence-electron chi connectivity index (χ1n) is 6.57. The van der Waals surface area contributed by atoms with Crippen molar-refractivity contribution in [2.75, 3.05) is 6.54 Å². The molecule has 1 aliphatic rings. The predicted octanol–water partition coefficient (Wildman–Crippen LogP) is 2.16. The number of nitrogens with zero attached hydrogens (tertiary/aromatic N) is 2. The van der Waals surface area contributed by atoms with Crippen LogP contribution in [0.1, 0.15) is 37.9 Å². The van der Waals surface area contributed by atoms with Gasteiger partial charge in [-0.2, -0.15) is 0 Å². The second-order valence-corrected chi connectivity index (χ2v) is 5.31. The summed E-state index contributed by atoms with van der Waals surface area (Å²) in [6.07, 6.45) is 4.51. The Hall–Kier alpha value is -0.930. The van der Waals surface area contributed by atoms with Crippen molar-refractivity contribution in [1.29, 1.82) is 0 Å². The lowest BCUT2D eigenvalue weighted by molar-refractivity contribution is 0.120. The van der Waals surface area contributed by atoms with E-state index in [2.05, 4.69) is 35.9 Å². The molecule has 0 spiro atoms. The molecule has 0 aliphatic carbocycles. The molecule has 2 heterocycles. The molecule has 2 unspecified atom stereocenters. The summed E-state index contributed by atoms with van der Waals surface area (Å²) in [7, 11) is 0. The maximum Gasteiger partial charge on any atom is 0.0544 e. The summed E-state index contributed by atoms with van der Waals surface area (Å²) in [6, 6.07) is 4.86. The Morgan fingerprint density at radius 3 is 2.82 bits per heavy atom. The third-order valence-electron chi connectivity index (χ3n) is 3.76. The summed E-state index contributed by atoms with van der Waals surface area (Å²) in [5, 5.41) is 0. The van der Waals surface area contributed by atoms with Crippen LogP contribution in [0.4, 0.5) is 0 Å². The van der Waals surface area contributed by atoms with Gasteiger partial charge in [-0.3, -0.25) is 9.88 Å². The molecule has 1 saturated heterocycles. The lowest BCUT2D eigenvalue weighted by atomic mass is 9.93. The van der Waals surface area contributed by atoms with Crippen molar-refractivity contribution in [3.05, 3.63) is 29.6 Å². The van der Waals surface area contributed by atoms with E-state index in [9.17, 15) is 0 Å². The average molecular weight is 233 g/mol. The van der Waals surface area contributed by atoms with Crippen LogP contribution < -0.4 is 5.73 Å². The molecule has 1 aromatic rings. The van der Waals surface area contributed by atoms with Crippen LogP contribution in [0.5, 0.6) is 0 Å². The Morgan fingerprint density at radius 2 is 2.24 bits per heavy atom. The van der Waals surface area contributed by atoms with Crippen LogP contribution in [0.3, 0.4) is 0 Å². The number of nitrogens with two attached hydrogens (primary N) is 1. The van der Waals surface area contributed by atoms with Gasteiger partial charge in [0.15, 0.2) is 0 Å². The molecule has 2 N–H and O–H groups in total. The van der Waals surface area contributed by atoms with Crippen LogP contribution in [0, 0.1) is 5.92 Å². The molecule has 3 nitrogen and oxygen atoms in total. The van der Waals surface area contributed by atoms with E-state index in [0.717, 1.165) is 23.7 Å². The fourth-order valence-corrected chi connectivity index (χ4v) is 2.57. The van der Waals surface area contributed by atoms with Crippen LogP contribution in [0.2, 0.25) is 0 Å². The highest BCUT2D eigenvalue weighted by Gasteiger charge is 2.22. The largest absolute Gasteiger partial charge is 0.326 e. The number of rotatable bonds is 3. The molecule has 1 fully saturated rings. The maximum atomic E-state index is 5.57. The Balaban J connectivity index is 1.95. The van der Waals surface area contributed by atoms with Gasteiger partial charge in [-0.05, 0) is 43.9 Å². The van der Waals surface area contributed by atoms with Crippen LogP contribution in [-0.4, -0.2) is 22.5 Å². The van der Waals surface area contributed by atoms with Crippen molar-refractivity contribution in [1.82, 2.24) is 9.88 Å². The smallest absolute Gasteiger partial charge is 0.0544 e. The lowest BCUT2D eigenvalue weighted by Crippen LogP contribution is -2.39. The zero-order valence-electron chi connectivity index (χ0n) is 10.9. The molecule has 0 saturated carbocycles. The molecule has 2 atom stereocenters. The van der Waals surface area contributed by atoms with Gasteiger partial charge in [0, 0.05) is 25.3 Å². The molecular weight excluding hydrogens is 210 g/mol. The molecule has 0 amide bonds. The Labute approximate surface area is 104 Å². The van der Waals surface area contributed by atoms with Crippen molar-refractivity contribution < 1.29 is 0 Å². The van der Waals surface area contributed by atoms with E-state index in [-0.39, 0.29) is 0 Å². The Kier molecular flexibility index (Phi) is 4.13. The van der Waals surface area contributed by atoms with Crippen LogP contribution in [0.15, 0.2) is 18.3 Å². The highest BCUT2D eigenvalue weighted by molar-refractivity contribution is 5.13. The van der Waals surface area contributed by atoms with Crippen LogP contribution >= 0.6 is 0 Å². The number of piperidine rings is 1. The highest BCUT2D eigenvalue weighted by Crippen LogP contribution is 2.23. The average Bonchev–Trinajstić information content (AvgIpc) is 2.34. The van der Waals surface area contributed by atoms with Gasteiger partial charge in [-0.15, -0.1) is 0 Å². The van der Waals surface area contributed by atoms with E-state index < -0.39 is 0 Å². The zero-order valence-corrected chi connectivity index (χ0v) is 10.9. The first-order valence-corrected chi connectivity index (χ1v) is 6.57. The molecule has 3 heteroatoms. The minimum absolute atomic E-state index is 0.574. The number of aromatic nitrogens is 1. The van der Waals surface area contributed by atoms with Gasteiger partial charge in [0.1, 0.15) is 0 Å². The van der Waals surface area contributed by atoms with Crippen LogP contribution in [-0.2, 0) is 13.1 Å². The van der Waals surface area contributed by atoms with Crippen LogP contribution in [0.25, 0.3) is 0 Å². The van der Waals surface area contributed by atoms with Crippen molar-refractivity contribution in [3.63, 3.8) is 0 Å². The van der Waals surface area contributed by atoms with E-state index in [4.69, 9.17) is 5.73 Å². The van der Waals surface area contributed by atoms with Gasteiger partial charge in [0.2, 0.25) is 0 Å². The second kappa shape index (κ2) is 5.61. The molecule has 2 rings (SSSR count). The third kappa shape index (κ3) is 3.27. The van der Waals surface area contributed by atoms with Crippen molar-refractivity contribution in [3.8, 4) is 0 Å². The molecule has 94 valence electrons. The topological polar surface area (TPSA) is 42.1 Å². The maximum absolute atomic E-state index is 5.57. The molecular formula is C14H23N3. The minimum Gasteiger partial charge on any atom is -0.326 e. The number of hydrogen-bond donors (Lipinski definition) is 1. The second-order valence-electron chi connectivity index (χ2n) is 5.31. The summed E-state index contributed by atoms with van der Waals surface area (Å²) < 4.78 is 0. The number of pyridine rings is 1. The molecule has 1 aliphatic heterocycles. The molecule has 0 aromatic carbocycles. The Bertz CT molecular complexity index is 347. The van der Waals surface area contributed by atoms with Crippen molar-refractivity contribution in [2.45, 2.75) is 45.8 Å². The van der Waals surface area contributed by atoms with Gasteiger partial charge < -0.3 is 5.73 Å². The standard InChI is InChI=1S/C14H23N3/c1-11-5-6-17(12(2)7-11)10-14-4-3-13(8-15)9-16-14/h3-4,9,11-12H,5-8,10,15H2,1-2H3. The third-order valence-corrected chi connectivity index (χ3v) is 3.76. The van der Waals surface area contributed by atoms with E-state index in [1.807, 2.05) is 6.20 Å². The Morgan fingerprint density at radius 1 is 1.41 bits per heavy atom. The van der Waals surface area contributed by atoms with Gasteiger partial charge in [-0.1, -0.05) is 13.0 Å². The number of hydrogen-bond acceptors (Lipinski definition) is 3. The number of likely N-dealkylation sites (tertiary alicyclic amines) is 1. The fourth-order valence-electron chi connectivity index (χ4n) is 2.57. The highest BCUT2D eigenvalue weighted by atomic mass is 15.2. The first kappa shape index (κ1) is 12.5. The summed E-state index contributed by atoms with van der Waals surface area (Å²) in [6.45, 7) is 7.42. The molecule has 0 radical (unpaired) electrons. The fraction of sp³-hybridized carbons (Fsp3) is 0.643. The van der Waals surface area contributed by atoms with Gasteiger partial charge in [-0.25, -0.2) is 0 Å². The van der Waals surface area contributed by atoms with E-state index in [1.54, 1.807) is 0 Å². The summed E-state index contributed by atoms with van der Waals surface area (Å²) in [4.78, 5) is 7.01. The van der Waals surface area contributed by atoms with Gasteiger partial charge in [0.25, 0.3) is 0 Å². The summed E-state index contributed by atoms with van der Waals surface area (Å²) >= 11 is 0. The van der Waals surface area contributed by atoms with Gasteiger partial charge in [0.05, 0.1) is 5.69 Å². The summed E-state index contributed by atoms with van der Waals surface area (Å²) in [5.74, 6) is 0.869. The summed E-state index contributed by atoms with van der Waals surface area (Å²) in [5.41, 5.74) is 7.83. The first-order chi connectivity index (χ1) is 8.19. The monoisotopic (exact) mass is 233 g/mol. The lowest BCUT2D eigenvalue weighted by Gasteiger charge is -2.36. The normalized spacial score (nSPS) is 26.1. The van der Waals surface area contributed by atoms with Gasteiger partial charge >= 0.3 is 0 Å². The van der Waals surface area contributed by atoms with E-state index in [0.29, 0.717) is 12.6 Å². The predicted molar refractivity (Wildman–Crippen MR) is 70.4 cm³/mol. The van der Waals surface area contributed by atoms with E-state index in [1.165, 1.54) is 19.4 Å². The molecule has 0 bridgehead atoms. The SMILES string of the molecule is CC1CCN(Cc2ccc(CN)cn2)C(C)C1. The van der Waals surface area contributed by atoms with E-state index >= 15 is 0 Å². The molecule has 17 heavy (non-hydrogen) atoms. The molecule has 1 aromatic heterocycles. The van der Waals surface area contributed by atoms with Crippen molar-refractivity contribution in [2.24, 2.45) is 11.7 Å².